The van der Waals surface area contributed by atoms with E-state index in [1.54, 1.807) is 4.57 Å². The third-order valence-corrected chi connectivity index (χ3v) is 6.33. The first-order chi connectivity index (χ1) is 10.2. The zero-order valence-corrected chi connectivity index (χ0v) is 13.6. The summed E-state index contributed by atoms with van der Waals surface area (Å²) in [5.41, 5.74) is 0.632. The van der Waals surface area contributed by atoms with Gasteiger partial charge in [0, 0.05) is 11.8 Å². The van der Waals surface area contributed by atoms with E-state index >= 15 is 0 Å². The van der Waals surface area contributed by atoms with Crippen LogP contribution < -0.4 is 5.56 Å². The van der Waals surface area contributed by atoms with Crippen LogP contribution in [0.3, 0.4) is 0 Å². The number of aliphatic carboxylic acids is 1. The number of hydrogen-bond donors (Lipinski definition) is 1. The minimum atomic E-state index is -0.899. The van der Waals surface area contributed by atoms with E-state index in [2.05, 4.69) is 4.98 Å². The number of carboxylic acid groups (broad SMARTS) is 1. The van der Waals surface area contributed by atoms with Crippen molar-refractivity contribution in [1.29, 1.82) is 0 Å². The second-order valence-corrected chi connectivity index (χ2v) is 7.77. The Kier molecular flexibility index (Phi) is 4.56. The molecule has 2 aromatic rings. The molecule has 0 aromatic carbocycles. The lowest BCUT2D eigenvalue weighted by Crippen LogP contribution is -2.30. The lowest BCUT2D eigenvalue weighted by atomic mass is 10.2. The van der Waals surface area contributed by atoms with Crippen molar-refractivity contribution in [2.75, 3.05) is 17.3 Å². The highest BCUT2D eigenvalue weighted by Gasteiger charge is 2.22. The Morgan fingerprint density at radius 3 is 3.14 bits per heavy atom. The van der Waals surface area contributed by atoms with Crippen molar-refractivity contribution in [1.82, 2.24) is 9.55 Å². The van der Waals surface area contributed by atoms with Crippen LogP contribution in [0.5, 0.6) is 0 Å². The lowest BCUT2D eigenvalue weighted by Gasteiger charge is -2.25. The molecule has 1 N–H and O–H groups in total. The van der Waals surface area contributed by atoms with Crippen molar-refractivity contribution in [2.45, 2.75) is 24.0 Å². The predicted molar refractivity (Wildman–Crippen MR) is 87.8 cm³/mol. The summed E-state index contributed by atoms with van der Waals surface area (Å²) in [5, 5.41) is 11.3. The molecule has 0 bridgehead atoms. The summed E-state index contributed by atoms with van der Waals surface area (Å²) < 4.78 is 2.38. The Bertz CT molecular complexity index is 719. The number of hydrogen-bond acceptors (Lipinski definition) is 6. The van der Waals surface area contributed by atoms with Crippen molar-refractivity contribution >= 4 is 51.0 Å². The van der Waals surface area contributed by atoms with Gasteiger partial charge in [0.1, 0.15) is 4.70 Å². The highest BCUT2D eigenvalue weighted by molar-refractivity contribution is 8.00. The summed E-state index contributed by atoms with van der Waals surface area (Å²) in [6.07, 6.45) is 2.03. The van der Waals surface area contributed by atoms with Crippen LogP contribution in [-0.4, -0.2) is 37.9 Å². The first-order valence-corrected chi connectivity index (χ1v) is 9.61. The number of fused-ring (bicyclic) bond motifs is 1. The third-order valence-electron chi connectivity index (χ3n) is 3.31. The van der Waals surface area contributed by atoms with E-state index in [4.69, 9.17) is 5.11 Å². The zero-order chi connectivity index (χ0) is 14.8. The molecular weight excluding hydrogens is 328 g/mol. The van der Waals surface area contributed by atoms with Crippen LogP contribution in [0.15, 0.2) is 21.4 Å². The zero-order valence-electron chi connectivity index (χ0n) is 11.2. The van der Waals surface area contributed by atoms with E-state index in [1.807, 2.05) is 23.2 Å². The first-order valence-electron chi connectivity index (χ1n) is 6.59. The molecule has 112 valence electrons. The number of rotatable bonds is 4. The van der Waals surface area contributed by atoms with Crippen molar-refractivity contribution < 1.29 is 9.90 Å². The summed E-state index contributed by atoms with van der Waals surface area (Å²) in [4.78, 5) is 28.0. The summed E-state index contributed by atoms with van der Waals surface area (Å²) in [6, 6.07) is 1.93. The molecule has 3 heterocycles. The Balaban J connectivity index is 2.08. The second-order valence-electron chi connectivity index (χ2n) is 4.76. The van der Waals surface area contributed by atoms with E-state index in [0.717, 1.165) is 36.1 Å². The average molecular weight is 342 g/mol. The van der Waals surface area contributed by atoms with Gasteiger partial charge in [-0.2, -0.15) is 11.8 Å². The number of thioether (sulfide) groups is 2. The number of aromatic nitrogens is 2. The monoisotopic (exact) mass is 342 g/mol. The van der Waals surface area contributed by atoms with Gasteiger partial charge >= 0.3 is 5.97 Å². The van der Waals surface area contributed by atoms with E-state index in [9.17, 15) is 9.59 Å². The fourth-order valence-corrected chi connectivity index (χ4v) is 5.06. The van der Waals surface area contributed by atoms with Gasteiger partial charge in [-0.25, -0.2) is 4.98 Å². The largest absolute Gasteiger partial charge is 0.481 e. The molecule has 1 aliphatic rings. The van der Waals surface area contributed by atoms with Gasteiger partial charge in [0.2, 0.25) is 0 Å². The van der Waals surface area contributed by atoms with Crippen molar-refractivity contribution in [3.63, 3.8) is 0 Å². The Morgan fingerprint density at radius 2 is 2.43 bits per heavy atom. The normalized spacial score (nSPS) is 19.0. The molecule has 3 rings (SSSR count). The van der Waals surface area contributed by atoms with Crippen LogP contribution in [0.2, 0.25) is 0 Å². The molecule has 1 unspecified atom stereocenters. The molecule has 0 spiro atoms. The molecule has 5 nitrogen and oxygen atoms in total. The molecule has 1 fully saturated rings. The number of thiophene rings is 1. The summed E-state index contributed by atoms with van der Waals surface area (Å²) >= 11 is 4.36. The van der Waals surface area contributed by atoms with Gasteiger partial charge in [0.05, 0.1) is 11.3 Å². The quantitative estimate of drug-likeness (QED) is 0.680. The van der Waals surface area contributed by atoms with Crippen LogP contribution in [0.1, 0.15) is 18.9 Å². The Hall–Kier alpha value is -0.990. The van der Waals surface area contributed by atoms with Gasteiger partial charge in [-0.1, -0.05) is 11.8 Å². The standard InChI is InChI=1S/C13H14N2O3S3/c16-10(17)7-21-13-14-9-3-5-20-11(9)12(18)15(13)8-2-1-4-19-6-8/h3,5,8H,1-2,4,6-7H2,(H,16,17). The van der Waals surface area contributed by atoms with Gasteiger partial charge in [0.15, 0.2) is 5.16 Å². The molecule has 21 heavy (non-hydrogen) atoms. The minimum absolute atomic E-state index is 0.0320. The second kappa shape index (κ2) is 6.41. The smallest absolute Gasteiger partial charge is 0.313 e. The maximum Gasteiger partial charge on any atom is 0.313 e. The third kappa shape index (κ3) is 3.12. The molecule has 8 heteroatoms. The SMILES string of the molecule is O=C(O)CSc1nc2ccsc2c(=O)n1C1CCCSC1. The molecule has 2 aromatic heterocycles. The molecule has 1 atom stereocenters. The van der Waals surface area contributed by atoms with Crippen molar-refractivity contribution in [3.8, 4) is 0 Å². The Morgan fingerprint density at radius 1 is 1.57 bits per heavy atom. The lowest BCUT2D eigenvalue weighted by molar-refractivity contribution is -0.133. The summed E-state index contributed by atoms with van der Waals surface area (Å²) in [5.74, 6) is 1.03. The fraction of sp³-hybridized carbons (Fsp3) is 0.462. The predicted octanol–water partition coefficient (Wildman–Crippen LogP) is 2.70. The van der Waals surface area contributed by atoms with Crippen LogP contribution in [0.25, 0.3) is 10.2 Å². The molecule has 1 aliphatic heterocycles. The van der Waals surface area contributed by atoms with E-state index in [-0.39, 0.29) is 17.4 Å². The van der Waals surface area contributed by atoms with Crippen LogP contribution in [-0.2, 0) is 4.79 Å². The molecular formula is C13H14N2O3S3. The van der Waals surface area contributed by atoms with Crippen LogP contribution in [0.4, 0.5) is 0 Å². The van der Waals surface area contributed by atoms with Gasteiger partial charge in [0.25, 0.3) is 5.56 Å². The summed E-state index contributed by atoms with van der Waals surface area (Å²) in [6.45, 7) is 0. The maximum atomic E-state index is 12.7. The van der Waals surface area contributed by atoms with Gasteiger partial charge in [-0.15, -0.1) is 11.3 Å². The van der Waals surface area contributed by atoms with E-state index < -0.39 is 5.97 Å². The topological polar surface area (TPSA) is 72.2 Å². The average Bonchev–Trinajstić information content (AvgIpc) is 2.95. The highest BCUT2D eigenvalue weighted by Crippen LogP contribution is 2.30. The Labute approximate surface area is 133 Å². The van der Waals surface area contributed by atoms with Crippen molar-refractivity contribution in [3.05, 3.63) is 21.8 Å². The first kappa shape index (κ1) is 14.9. The maximum absolute atomic E-state index is 12.7. The fourth-order valence-electron chi connectivity index (χ4n) is 2.38. The number of nitrogens with zero attached hydrogens (tertiary/aromatic N) is 2. The van der Waals surface area contributed by atoms with E-state index in [0.29, 0.717) is 15.4 Å². The van der Waals surface area contributed by atoms with Gasteiger partial charge in [-0.3, -0.25) is 14.2 Å². The van der Waals surface area contributed by atoms with Crippen LogP contribution >= 0.6 is 34.9 Å². The summed E-state index contributed by atoms with van der Waals surface area (Å²) in [7, 11) is 0. The van der Waals surface area contributed by atoms with Crippen LogP contribution in [0, 0.1) is 0 Å². The number of carboxylic acids is 1. The molecule has 0 amide bonds. The molecule has 0 aliphatic carbocycles. The molecule has 1 saturated heterocycles. The van der Waals surface area contributed by atoms with Crippen molar-refractivity contribution in [2.24, 2.45) is 0 Å². The van der Waals surface area contributed by atoms with Gasteiger partial charge in [-0.05, 0) is 30.0 Å². The van der Waals surface area contributed by atoms with E-state index in [1.165, 1.54) is 11.3 Å². The highest BCUT2D eigenvalue weighted by atomic mass is 32.2. The van der Waals surface area contributed by atoms with Gasteiger partial charge < -0.3 is 5.11 Å². The number of carbonyl (C=O) groups is 1. The molecule has 0 saturated carbocycles. The minimum Gasteiger partial charge on any atom is -0.481 e. The molecule has 0 radical (unpaired) electrons.